The van der Waals surface area contributed by atoms with Crippen molar-refractivity contribution >= 4 is 15.6 Å². The Bertz CT molecular complexity index is 340. The summed E-state index contributed by atoms with van der Waals surface area (Å²) in [5.41, 5.74) is 0. The van der Waals surface area contributed by atoms with E-state index in [1.54, 1.807) is 0 Å². The van der Waals surface area contributed by atoms with E-state index in [1.165, 1.54) is 6.42 Å². The summed E-state index contributed by atoms with van der Waals surface area (Å²) >= 11 is 0. The van der Waals surface area contributed by atoms with E-state index in [2.05, 4.69) is 0 Å². The van der Waals surface area contributed by atoms with Crippen LogP contribution in [-0.4, -0.2) is 25.7 Å². The van der Waals surface area contributed by atoms with Crippen LogP contribution in [0.25, 0.3) is 0 Å². The maximum absolute atomic E-state index is 11.9. The van der Waals surface area contributed by atoms with Crippen molar-refractivity contribution in [3.63, 3.8) is 0 Å². The van der Waals surface area contributed by atoms with Crippen molar-refractivity contribution in [1.82, 2.24) is 0 Å². The molecule has 0 aromatic heterocycles. The molecule has 4 heteroatoms. The standard InChI is InChI=1S/C13H24O3S/c1-3-11(2)9-17(15,16)10-13(14)12-7-5-4-6-8-12/h11-12H,3-10H2,1-2H3. The summed E-state index contributed by atoms with van der Waals surface area (Å²) in [6.07, 6.45) is 5.94. The molecule has 3 nitrogen and oxygen atoms in total. The van der Waals surface area contributed by atoms with Gasteiger partial charge in [0.2, 0.25) is 0 Å². The molecule has 100 valence electrons. The average molecular weight is 260 g/mol. The second kappa shape index (κ2) is 6.53. The molecule has 1 aliphatic carbocycles. The Morgan fingerprint density at radius 1 is 1.24 bits per heavy atom. The van der Waals surface area contributed by atoms with Gasteiger partial charge in [0.05, 0.1) is 5.75 Å². The molecule has 0 heterocycles. The highest BCUT2D eigenvalue weighted by Crippen LogP contribution is 2.25. The molecule has 0 saturated heterocycles. The van der Waals surface area contributed by atoms with E-state index >= 15 is 0 Å². The summed E-state index contributed by atoms with van der Waals surface area (Å²) in [7, 11) is -3.19. The number of hydrogen-bond donors (Lipinski definition) is 0. The molecule has 0 aliphatic heterocycles. The molecule has 0 amide bonds. The lowest BCUT2D eigenvalue weighted by molar-refractivity contribution is -0.121. The molecule has 1 aliphatic rings. The van der Waals surface area contributed by atoms with Gasteiger partial charge in [-0.1, -0.05) is 39.5 Å². The zero-order valence-electron chi connectivity index (χ0n) is 10.9. The van der Waals surface area contributed by atoms with E-state index < -0.39 is 9.84 Å². The molecule has 1 fully saturated rings. The first-order valence-electron chi connectivity index (χ1n) is 6.67. The van der Waals surface area contributed by atoms with E-state index in [0.29, 0.717) is 0 Å². The molecule has 1 rings (SSSR count). The van der Waals surface area contributed by atoms with Crippen LogP contribution in [0.4, 0.5) is 0 Å². The van der Waals surface area contributed by atoms with Gasteiger partial charge in [-0.3, -0.25) is 4.79 Å². The van der Waals surface area contributed by atoms with Crippen LogP contribution in [0, 0.1) is 11.8 Å². The number of hydrogen-bond acceptors (Lipinski definition) is 3. The van der Waals surface area contributed by atoms with Gasteiger partial charge in [0.1, 0.15) is 5.75 Å². The van der Waals surface area contributed by atoms with E-state index in [-0.39, 0.29) is 29.1 Å². The molecule has 1 unspecified atom stereocenters. The van der Waals surface area contributed by atoms with E-state index in [1.807, 2.05) is 13.8 Å². The first-order valence-corrected chi connectivity index (χ1v) is 8.50. The van der Waals surface area contributed by atoms with Gasteiger partial charge in [-0.05, 0) is 18.8 Å². The SMILES string of the molecule is CCC(C)CS(=O)(=O)CC(=O)C1CCCCC1. The van der Waals surface area contributed by atoms with Gasteiger partial charge >= 0.3 is 0 Å². The first-order chi connectivity index (χ1) is 7.94. The predicted octanol–water partition coefficient (Wildman–Crippen LogP) is 2.60. The Kier molecular flexibility index (Phi) is 5.63. The number of carbonyl (C=O) groups is 1. The molecular formula is C13H24O3S. The van der Waals surface area contributed by atoms with Crippen molar-refractivity contribution in [2.75, 3.05) is 11.5 Å². The van der Waals surface area contributed by atoms with Gasteiger partial charge < -0.3 is 0 Å². The lowest BCUT2D eigenvalue weighted by atomic mass is 9.87. The summed E-state index contributed by atoms with van der Waals surface area (Å²) in [6.45, 7) is 3.89. The lowest BCUT2D eigenvalue weighted by Crippen LogP contribution is -2.28. The van der Waals surface area contributed by atoms with Crippen LogP contribution in [0.1, 0.15) is 52.4 Å². The fourth-order valence-electron chi connectivity index (χ4n) is 2.37. The molecule has 17 heavy (non-hydrogen) atoms. The summed E-state index contributed by atoms with van der Waals surface area (Å²) in [4.78, 5) is 11.9. The minimum Gasteiger partial charge on any atom is -0.298 e. The van der Waals surface area contributed by atoms with Crippen molar-refractivity contribution in [3.05, 3.63) is 0 Å². The van der Waals surface area contributed by atoms with Gasteiger partial charge in [0.25, 0.3) is 0 Å². The highest BCUT2D eigenvalue weighted by atomic mass is 32.2. The maximum atomic E-state index is 11.9. The Hall–Kier alpha value is -0.380. The molecular weight excluding hydrogens is 236 g/mol. The highest BCUT2D eigenvalue weighted by Gasteiger charge is 2.26. The van der Waals surface area contributed by atoms with Gasteiger partial charge in [-0.2, -0.15) is 0 Å². The lowest BCUT2D eigenvalue weighted by Gasteiger charge is -2.20. The summed E-state index contributed by atoms with van der Waals surface area (Å²) in [6, 6.07) is 0. The quantitative estimate of drug-likeness (QED) is 0.737. The van der Waals surface area contributed by atoms with Gasteiger partial charge in [-0.15, -0.1) is 0 Å². The minimum absolute atomic E-state index is 0.00968. The smallest absolute Gasteiger partial charge is 0.157 e. The second-order valence-corrected chi connectivity index (χ2v) is 7.48. The van der Waals surface area contributed by atoms with Crippen LogP contribution in [0.5, 0.6) is 0 Å². The third-order valence-electron chi connectivity index (χ3n) is 3.66. The highest BCUT2D eigenvalue weighted by molar-refractivity contribution is 7.92. The first kappa shape index (κ1) is 14.7. The monoisotopic (exact) mass is 260 g/mol. The molecule has 0 bridgehead atoms. The Labute approximate surface area is 105 Å². The molecule has 0 radical (unpaired) electrons. The zero-order chi connectivity index (χ0) is 12.9. The van der Waals surface area contributed by atoms with Gasteiger partial charge in [-0.25, -0.2) is 8.42 Å². The number of carbonyl (C=O) groups excluding carboxylic acids is 1. The molecule has 0 spiro atoms. The Morgan fingerprint density at radius 3 is 2.35 bits per heavy atom. The van der Waals surface area contributed by atoms with Crippen LogP contribution in [0.2, 0.25) is 0 Å². The third-order valence-corrected chi connectivity index (χ3v) is 5.46. The van der Waals surface area contributed by atoms with Crippen molar-refractivity contribution in [3.8, 4) is 0 Å². The Balaban J connectivity index is 2.48. The second-order valence-electron chi connectivity index (χ2n) is 5.37. The van der Waals surface area contributed by atoms with Gasteiger partial charge in [0.15, 0.2) is 15.6 Å². The largest absolute Gasteiger partial charge is 0.298 e. The number of ketones is 1. The van der Waals surface area contributed by atoms with E-state index in [0.717, 1.165) is 32.1 Å². The fourth-order valence-corrected chi connectivity index (χ4v) is 4.26. The van der Waals surface area contributed by atoms with E-state index in [4.69, 9.17) is 0 Å². The third kappa shape index (κ3) is 5.19. The van der Waals surface area contributed by atoms with Crippen molar-refractivity contribution in [2.24, 2.45) is 11.8 Å². The van der Waals surface area contributed by atoms with Crippen LogP contribution < -0.4 is 0 Å². The van der Waals surface area contributed by atoms with Crippen LogP contribution in [0.15, 0.2) is 0 Å². The predicted molar refractivity (Wildman–Crippen MR) is 69.7 cm³/mol. The van der Waals surface area contributed by atoms with Crippen molar-refractivity contribution in [2.45, 2.75) is 52.4 Å². The minimum atomic E-state index is -3.19. The number of rotatable bonds is 6. The number of Topliss-reactive ketones (excluding diaryl/α,β-unsaturated/α-hetero) is 1. The molecule has 0 aromatic rings. The van der Waals surface area contributed by atoms with Crippen LogP contribution in [0.3, 0.4) is 0 Å². The van der Waals surface area contributed by atoms with Crippen molar-refractivity contribution < 1.29 is 13.2 Å². The molecule has 0 N–H and O–H groups in total. The topological polar surface area (TPSA) is 51.2 Å². The van der Waals surface area contributed by atoms with Crippen molar-refractivity contribution in [1.29, 1.82) is 0 Å². The molecule has 1 atom stereocenters. The average Bonchev–Trinajstić information content (AvgIpc) is 2.28. The van der Waals surface area contributed by atoms with Gasteiger partial charge in [0, 0.05) is 5.92 Å². The number of sulfone groups is 1. The Morgan fingerprint density at radius 2 is 1.82 bits per heavy atom. The normalized spacial score (nSPS) is 20.1. The molecule has 1 saturated carbocycles. The van der Waals surface area contributed by atoms with E-state index in [9.17, 15) is 13.2 Å². The van der Waals surface area contributed by atoms with Crippen LogP contribution in [-0.2, 0) is 14.6 Å². The fraction of sp³-hybridized carbons (Fsp3) is 0.923. The maximum Gasteiger partial charge on any atom is 0.157 e. The molecule has 0 aromatic carbocycles. The summed E-state index contributed by atoms with van der Waals surface area (Å²) in [5, 5.41) is 0. The summed E-state index contributed by atoms with van der Waals surface area (Å²) < 4.78 is 23.7. The van der Waals surface area contributed by atoms with Crippen LogP contribution >= 0.6 is 0 Å². The summed E-state index contributed by atoms with van der Waals surface area (Å²) in [5.74, 6) is 0.0341. The zero-order valence-corrected chi connectivity index (χ0v) is 11.8.